The summed E-state index contributed by atoms with van der Waals surface area (Å²) >= 11 is 0. The fourth-order valence-corrected chi connectivity index (χ4v) is 2.45. The molecule has 0 aliphatic heterocycles. The summed E-state index contributed by atoms with van der Waals surface area (Å²) in [4.78, 5) is 15.3. The molecule has 122 valence electrons. The first-order valence-corrected chi connectivity index (χ1v) is 7.74. The molecule has 0 aliphatic rings. The quantitative estimate of drug-likeness (QED) is 0.702. The highest BCUT2D eigenvalue weighted by atomic mass is 16.4. The minimum absolute atomic E-state index is 0.00216. The van der Waals surface area contributed by atoms with Crippen LogP contribution in [-0.2, 0) is 11.2 Å². The molecule has 24 heavy (non-hydrogen) atoms. The summed E-state index contributed by atoms with van der Waals surface area (Å²) in [5, 5.41) is 17.5. The van der Waals surface area contributed by atoms with Crippen molar-refractivity contribution in [3.8, 4) is 0 Å². The van der Waals surface area contributed by atoms with Crippen molar-refractivity contribution in [1.29, 1.82) is 0 Å². The van der Waals surface area contributed by atoms with Crippen molar-refractivity contribution in [2.24, 2.45) is 10.2 Å². The van der Waals surface area contributed by atoms with Gasteiger partial charge in [0.1, 0.15) is 5.65 Å². The lowest BCUT2D eigenvalue weighted by molar-refractivity contribution is -0.136. The van der Waals surface area contributed by atoms with E-state index in [2.05, 4.69) is 29.1 Å². The van der Waals surface area contributed by atoms with Gasteiger partial charge < -0.3 is 5.11 Å². The van der Waals surface area contributed by atoms with Crippen LogP contribution in [-0.4, -0.2) is 20.5 Å². The summed E-state index contributed by atoms with van der Waals surface area (Å²) in [6, 6.07) is 12.8. The second-order valence-corrected chi connectivity index (χ2v) is 5.84. The van der Waals surface area contributed by atoms with Gasteiger partial charge in [0.25, 0.3) is 0 Å². The summed E-state index contributed by atoms with van der Waals surface area (Å²) in [5.41, 5.74) is 3.14. The number of aliphatic carboxylic acids is 1. The Bertz CT molecular complexity index is 895. The minimum atomic E-state index is -0.850. The fourth-order valence-electron chi connectivity index (χ4n) is 2.45. The number of aromatic nitrogens is 2. The molecule has 6 heteroatoms. The van der Waals surface area contributed by atoms with Gasteiger partial charge in [-0.15, -0.1) is 10.2 Å². The zero-order valence-electron chi connectivity index (χ0n) is 13.5. The van der Waals surface area contributed by atoms with Crippen molar-refractivity contribution in [2.45, 2.75) is 26.2 Å². The number of hydrogen-bond donors (Lipinski definition) is 1. The van der Waals surface area contributed by atoms with Crippen molar-refractivity contribution in [3.05, 3.63) is 59.9 Å². The van der Waals surface area contributed by atoms with Gasteiger partial charge in [-0.2, -0.15) is 0 Å². The highest BCUT2D eigenvalue weighted by molar-refractivity contribution is 5.70. The lowest BCUT2D eigenvalue weighted by atomic mass is 10.1. The number of rotatable bonds is 5. The standard InChI is InChI=1S/C18H18N4O2/c1-12(2)17-18(22-10-4-3-5-15(22)19-17)21-20-14-8-6-13(7-9-14)11-16(23)24/h3-10,12H,11H2,1-2H3,(H,23,24). The largest absolute Gasteiger partial charge is 0.481 e. The number of carboxylic acid groups (broad SMARTS) is 1. The predicted octanol–water partition coefficient (Wildman–Crippen LogP) is 4.50. The van der Waals surface area contributed by atoms with Crippen LogP contribution in [0.5, 0.6) is 0 Å². The predicted molar refractivity (Wildman–Crippen MR) is 91.2 cm³/mol. The van der Waals surface area contributed by atoms with Crippen molar-refractivity contribution >= 4 is 23.1 Å². The zero-order valence-corrected chi connectivity index (χ0v) is 13.5. The molecule has 0 amide bonds. The van der Waals surface area contributed by atoms with Crippen LogP contribution in [0.15, 0.2) is 58.9 Å². The van der Waals surface area contributed by atoms with E-state index >= 15 is 0 Å². The number of nitrogens with zero attached hydrogens (tertiary/aromatic N) is 4. The van der Waals surface area contributed by atoms with Crippen molar-refractivity contribution in [1.82, 2.24) is 9.38 Å². The smallest absolute Gasteiger partial charge is 0.307 e. The maximum Gasteiger partial charge on any atom is 0.307 e. The first kappa shape index (κ1) is 15.9. The molecule has 0 bridgehead atoms. The van der Waals surface area contributed by atoms with Gasteiger partial charge >= 0.3 is 5.97 Å². The number of carboxylic acids is 1. The SMILES string of the molecule is CC(C)c1nc2ccccn2c1N=Nc1ccc(CC(=O)O)cc1. The minimum Gasteiger partial charge on any atom is -0.481 e. The Labute approximate surface area is 139 Å². The van der Waals surface area contributed by atoms with Crippen LogP contribution in [0.2, 0.25) is 0 Å². The molecule has 1 aromatic carbocycles. The topological polar surface area (TPSA) is 79.3 Å². The zero-order chi connectivity index (χ0) is 17.1. The van der Waals surface area contributed by atoms with E-state index in [0.717, 1.165) is 22.7 Å². The van der Waals surface area contributed by atoms with Gasteiger partial charge in [0, 0.05) is 6.20 Å². The molecule has 0 unspecified atom stereocenters. The molecule has 6 nitrogen and oxygen atoms in total. The first-order chi connectivity index (χ1) is 11.5. The average molecular weight is 322 g/mol. The summed E-state index contributed by atoms with van der Waals surface area (Å²) in [7, 11) is 0. The molecule has 0 atom stereocenters. The monoisotopic (exact) mass is 322 g/mol. The Morgan fingerprint density at radius 1 is 1.17 bits per heavy atom. The van der Waals surface area contributed by atoms with Crippen LogP contribution in [0.4, 0.5) is 11.5 Å². The highest BCUT2D eigenvalue weighted by Crippen LogP contribution is 2.29. The van der Waals surface area contributed by atoms with Crippen LogP contribution in [0, 0.1) is 0 Å². The molecule has 3 rings (SSSR count). The molecular formula is C18H18N4O2. The maximum absolute atomic E-state index is 10.7. The number of fused-ring (bicyclic) bond motifs is 1. The number of azo groups is 1. The third-order valence-corrected chi connectivity index (χ3v) is 3.63. The molecular weight excluding hydrogens is 304 g/mol. The van der Waals surface area contributed by atoms with Gasteiger partial charge in [-0.3, -0.25) is 9.20 Å². The molecule has 1 N–H and O–H groups in total. The van der Waals surface area contributed by atoms with Crippen molar-refractivity contribution in [3.63, 3.8) is 0 Å². The van der Waals surface area contributed by atoms with Crippen molar-refractivity contribution in [2.75, 3.05) is 0 Å². The molecule has 0 radical (unpaired) electrons. The van der Waals surface area contributed by atoms with E-state index in [1.807, 2.05) is 28.8 Å². The van der Waals surface area contributed by atoms with E-state index in [4.69, 9.17) is 5.11 Å². The summed E-state index contributed by atoms with van der Waals surface area (Å²) in [5.74, 6) is 0.101. The summed E-state index contributed by atoms with van der Waals surface area (Å²) < 4.78 is 1.91. The Morgan fingerprint density at radius 3 is 2.58 bits per heavy atom. The first-order valence-electron chi connectivity index (χ1n) is 7.74. The van der Waals surface area contributed by atoms with Gasteiger partial charge in [0.2, 0.25) is 0 Å². The van der Waals surface area contributed by atoms with E-state index in [1.165, 1.54) is 0 Å². The Hall–Kier alpha value is -3.02. The van der Waals surface area contributed by atoms with Gasteiger partial charge in [-0.1, -0.05) is 32.0 Å². The summed E-state index contributed by atoms with van der Waals surface area (Å²) in [6.07, 6.45) is 1.92. The van der Waals surface area contributed by atoms with Crippen LogP contribution in [0.25, 0.3) is 5.65 Å². The van der Waals surface area contributed by atoms with E-state index in [0.29, 0.717) is 5.69 Å². The Balaban J connectivity index is 1.92. The van der Waals surface area contributed by atoms with Gasteiger partial charge in [0.15, 0.2) is 5.82 Å². The normalized spacial score (nSPS) is 11.6. The molecule has 3 aromatic rings. The average Bonchev–Trinajstić information content (AvgIpc) is 2.93. The Kier molecular flexibility index (Phi) is 4.37. The fraction of sp³-hybridized carbons (Fsp3) is 0.222. The molecule has 0 fully saturated rings. The number of hydrogen-bond acceptors (Lipinski definition) is 4. The highest BCUT2D eigenvalue weighted by Gasteiger charge is 2.14. The van der Waals surface area contributed by atoms with E-state index in [-0.39, 0.29) is 12.3 Å². The van der Waals surface area contributed by atoms with Crippen LogP contribution in [0.3, 0.4) is 0 Å². The number of imidazole rings is 1. The van der Waals surface area contributed by atoms with Gasteiger partial charge in [-0.25, -0.2) is 4.98 Å². The van der Waals surface area contributed by atoms with E-state index in [1.54, 1.807) is 24.3 Å². The second-order valence-electron chi connectivity index (χ2n) is 5.84. The molecule has 2 aromatic heterocycles. The third kappa shape index (κ3) is 3.32. The van der Waals surface area contributed by atoms with E-state index < -0.39 is 5.97 Å². The number of carbonyl (C=O) groups is 1. The Morgan fingerprint density at radius 2 is 1.92 bits per heavy atom. The molecule has 0 saturated carbocycles. The molecule has 0 aliphatic carbocycles. The van der Waals surface area contributed by atoms with Crippen LogP contribution < -0.4 is 0 Å². The lowest BCUT2D eigenvalue weighted by Gasteiger charge is -2.01. The van der Waals surface area contributed by atoms with Crippen LogP contribution >= 0.6 is 0 Å². The van der Waals surface area contributed by atoms with Crippen LogP contribution in [0.1, 0.15) is 31.0 Å². The van der Waals surface area contributed by atoms with Gasteiger partial charge in [-0.05, 0) is 35.7 Å². The third-order valence-electron chi connectivity index (χ3n) is 3.63. The number of benzene rings is 1. The van der Waals surface area contributed by atoms with Crippen molar-refractivity contribution < 1.29 is 9.90 Å². The molecule has 0 saturated heterocycles. The molecule has 2 heterocycles. The second kappa shape index (κ2) is 6.62. The summed E-state index contributed by atoms with van der Waals surface area (Å²) in [6.45, 7) is 4.14. The van der Waals surface area contributed by atoms with E-state index in [9.17, 15) is 4.79 Å². The maximum atomic E-state index is 10.7. The van der Waals surface area contributed by atoms with Gasteiger partial charge in [0.05, 0.1) is 17.8 Å². The molecule has 0 spiro atoms. The number of pyridine rings is 1. The lowest BCUT2D eigenvalue weighted by Crippen LogP contribution is -1.99.